The van der Waals surface area contributed by atoms with Gasteiger partial charge in [0.25, 0.3) is 11.8 Å². The number of aromatic nitrogens is 1. The Morgan fingerprint density at radius 3 is 2.53 bits per heavy atom. The number of aryl methyl sites for hydroxylation is 2. The van der Waals surface area contributed by atoms with E-state index >= 15 is 0 Å². The fourth-order valence-electron chi connectivity index (χ4n) is 4.58. The van der Waals surface area contributed by atoms with Crippen LogP contribution in [0.5, 0.6) is 0 Å². The summed E-state index contributed by atoms with van der Waals surface area (Å²) in [5.41, 5.74) is 0.862. The van der Waals surface area contributed by atoms with Crippen LogP contribution in [0.3, 0.4) is 0 Å². The van der Waals surface area contributed by atoms with E-state index in [4.69, 9.17) is 9.26 Å². The molecule has 0 unspecified atom stereocenters. The minimum Gasteiger partial charge on any atom is -0.391 e. The van der Waals surface area contributed by atoms with Gasteiger partial charge in [0.05, 0.1) is 18.8 Å². The first kappa shape index (κ1) is 34.9. The number of nitriles is 1. The van der Waals surface area contributed by atoms with Gasteiger partial charge in [-0.15, -0.1) is 0 Å². The number of halogens is 1. The molecule has 4 atom stereocenters. The number of hydrogen-bond acceptors (Lipinski definition) is 9. The molecule has 1 aromatic heterocycles. The Kier molecular flexibility index (Phi) is 12.3. The van der Waals surface area contributed by atoms with Gasteiger partial charge >= 0.3 is 0 Å². The third-order valence-corrected chi connectivity index (χ3v) is 6.99. The molecule has 14 heteroatoms. The number of nitrogens with zero attached hydrogens (tertiary/aromatic N) is 3. The van der Waals surface area contributed by atoms with Crippen molar-refractivity contribution in [3.05, 3.63) is 64.3 Å². The van der Waals surface area contributed by atoms with Gasteiger partial charge in [0, 0.05) is 31.3 Å². The minimum absolute atomic E-state index is 0.00447. The lowest BCUT2D eigenvalue weighted by Crippen LogP contribution is -2.58. The molecule has 242 valence electrons. The number of hydrogen-bond donors (Lipinski definition) is 4. The molecule has 3 rings (SSSR count). The van der Waals surface area contributed by atoms with Gasteiger partial charge in [-0.25, -0.2) is 4.39 Å². The largest absolute Gasteiger partial charge is 0.391 e. The normalized spacial score (nSPS) is 16.9. The van der Waals surface area contributed by atoms with Crippen LogP contribution in [0.1, 0.15) is 54.6 Å². The SMILES string of the molecule is Cc1ccc(CNC(=O)[C@H](CO[C@@H]2CCN(C(=O)/C(C#N)=C/C(C)C)C2)NC(=O)[C@@H](NC(=O)c2cc(C)on2)[C@@H](C)O)c(F)c1. The highest BCUT2D eigenvalue weighted by molar-refractivity contribution is 5.98. The van der Waals surface area contributed by atoms with E-state index in [2.05, 4.69) is 21.1 Å². The van der Waals surface area contributed by atoms with Crippen LogP contribution in [0.4, 0.5) is 4.39 Å². The predicted octanol–water partition coefficient (Wildman–Crippen LogP) is 1.43. The summed E-state index contributed by atoms with van der Waals surface area (Å²) in [4.78, 5) is 53.4. The molecule has 4 N–H and O–H groups in total. The first-order chi connectivity index (χ1) is 21.3. The molecule has 45 heavy (non-hydrogen) atoms. The maximum absolute atomic E-state index is 14.4. The smallest absolute Gasteiger partial charge is 0.274 e. The molecule has 1 aliphatic rings. The van der Waals surface area contributed by atoms with Crippen molar-refractivity contribution in [1.82, 2.24) is 26.0 Å². The van der Waals surface area contributed by atoms with Gasteiger partial charge in [0.15, 0.2) is 5.69 Å². The molecule has 0 bridgehead atoms. The lowest BCUT2D eigenvalue weighted by atomic mass is 10.1. The number of carbonyl (C=O) groups excluding carboxylic acids is 4. The van der Waals surface area contributed by atoms with Crippen molar-refractivity contribution in [3.8, 4) is 6.07 Å². The van der Waals surface area contributed by atoms with Gasteiger partial charge in [0.2, 0.25) is 11.8 Å². The van der Waals surface area contributed by atoms with Crippen LogP contribution in [-0.2, 0) is 25.7 Å². The average Bonchev–Trinajstić information content (AvgIpc) is 3.64. The molecule has 13 nitrogen and oxygen atoms in total. The summed E-state index contributed by atoms with van der Waals surface area (Å²) in [5.74, 6) is -2.93. The maximum Gasteiger partial charge on any atom is 0.274 e. The molecule has 2 heterocycles. The molecular formula is C31H39FN6O7. The van der Waals surface area contributed by atoms with Crippen molar-refractivity contribution in [2.75, 3.05) is 19.7 Å². The van der Waals surface area contributed by atoms with Crippen LogP contribution in [0.25, 0.3) is 0 Å². The van der Waals surface area contributed by atoms with Crippen LogP contribution in [0.15, 0.2) is 40.4 Å². The summed E-state index contributed by atoms with van der Waals surface area (Å²) >= 11 is 0. The van der Waals surface area contributed by atoms with Crippen LogP contribution >= 0.6 is 0 Å². The second kappa shape index (κ2) is 15.9. The quantitative estimate of drug-likeness (QED) is 0.188. The van der Waals surface area contributed by atoms with E-state index in [1.807, 2.05) is 19.9 Å². The first-order valence-corrected chi connectivity index (χ1v) is 14.6. The first-order valence-electron chi connectivity index (χ1n) is 14.6. The minimum atomic E-state index is -1.48. The molecule has 1 aliphatic heterocycles. The zero-order valence-electron chi connectivity index (χ0n) is 25.9. The van der Waals surface area contributed by atoms with Crippen molar-refractivity contribution in [3.63, 3.8) is 0 Å². The summed E-state index contributed by atoms with van der Waals surface area (Å²) in [7, 11) is 0. The van der Waals surface area contributed by atoms with E-state index in [0.717, 1.165) is 0 Å². The van der Waals surface area contributed by atoms with Crippen molar-refractivity contribution < 1.29 is 37.9 Å². The van der Waals surface area contributed by atoms with E-state index in [-0.39, 0.29) is 42.4 Å². The van der Waals surface area contributed by atoms with E-state index < -0.39 is 53.7 Å². The second-order valence-electron chi connectivity index (χ2n) is 11.3. The Morgan fingerprint density at radius 2 is 1.93 bits per heavy atom. The summed E-state index contributed by atoms with van der Waals surface area (Å²) in [5, 5.41) is 30.8. The highest BCUT2D eigenvalue weighted by atomic mass is 19.1. The highest BCUT2D eigenvalue weighted by Gasteiger charge is 2.33. The van der Waals surface area contributed by atoms with E-state index in [1.165, 1.54) is 30.0 Å². The molecule has 0 aliphatic carbocycles. The van der Waals surface area contributed by atoms with E-state index in [0.29, 0.717) is 24.3 Å². The van der Waals surface area contributed by atoms with Crippen molar-refractivity contribution >= 4 is 23.6 Å². The number of amides is 4. The number of aliphatic hydroxyl groups is 1. The van der Waals surface area contributed by atoms with Crippen LogP contribution in [0, 0.1) is 36.9 Å². The Balaban J connectivity index is 1.71. The van der Waals surface area contributed by atoms with Crippen LogP contribution in [-0.4, -0.2) is 82.8 Å². The van der Waals surface area contributed by atoms with Crippen molar-refractivity contribution in [1.29, 1.82) is 5.26 Å². The standard InChI is InChI=1S/C31H39FN6O7/c1-17(2)10-22(13-33)31(43)38-9-8-23(15-38)44-16-26(28(40)34-14-21-7-6-18(3)11-24(21)32)35-30(42)27(20(5)39)36-29(41)25-12-19(4)45-37-25/h6-7,10-12,17,20,23,26-27,39H,8-9,14-16H2,1-5H3,(H,34,40)(H,35,42)(H,36,41)/b22-10+/t20-,23-,26+,27+/m1/s1. The molecule has 1 aromatic carbocycles. The fraction of sp³-hybridized carbons (Fsp3) is 0.484. The van der Waals surface area contributed by atoms with Crippen LogP contribution < -0.4 is 16.0 Å². The molecule has 4 amide bonds. The third kappa shape index (κ3) is 9.95. The van der Waals surface area contributed by atoms with Crippen molar-refractivity contribution in [2.24, 2.45) is 5.92 Å². The topological polar surface area (TPSA) is 187 Å². The molecule has 2 aromatic rings. The number of allylic oxidation sites excluding steroid dienone is 1. The lowest BCUT2D eigenvalue weighted by Gasteiger charge is -2.25. The Hall–Kier alpha value is -4.61. The number of carbonyl (C=O) groups is 4. The summed E-state index contributed by atoms with van der Waals surface area (Å²) < 4.78 is 25.2. The molecule has 1 fully saturated rings. The molecule has 1 saturated heterocycles. The predicted molar refractivity (Wildman–Crippen MR) is 159 cm³/mol. The number of benzene rings is 1. The Labute approximate surface area is 260 Å². The van der Waals surface area contributed by atoms with Gasteiger partial charge in [-0.2, -0.15) is 5.26 Å². The monoisotopic (exact) mass is 626 g/mol. The zero-order chi connectivity index (χ0) is 33.3. The summed E-state index contributed by atoms with van der Waals surface area (Å²) in [6, 6.07) is 5.05. The third-order valence-electron chi connectivity index (χ3n) is 6.99. The lowest BCUT2D eigenvalue weighted by molar-refractivity contribution is -0.133. The van der Waals surface area contributed by atoms with Gasteiger partial charge in [0.1, 0.15) is 35.3 Å². The molecule has 0 spiro atoms. The molecule has 0 radical (unpaired) electrons. The average molecular weight is 627 g/mol. The molecular weight excluding hydrogens is 587 g/mol. The number of rotatable bonds is 13. The maximum atomic E-state index is 14.4. The second-order valence-corrected chi connectivity index (χ2v) is 11.3. The van der Waals surface area contributed by atoms with Gasteiger partial charge in [-0.1, -0.05) is 37.2 Å². The summed E-state index contributed by atoms with van der Waals surface area (Å²) in [6.45, 7) is 8.29. The van der Waals surface area contributed by atoms with E-state index in [1.54, 1.807) is 26.0 Å². The number of nitrogens with one attached hydrogen (secondary N) is 3. The van der Waals surface area contributed by atoms with Gasteiger partial charge < -0.3 is 35.2 Å². The number of aliphatic hydroxyl groups excluding tert-OH is 1. The molecule has 0 saturated carbocycles. The van der Waals surface area contributed by atoms with Crippen molar-refractivity contribution in [2.45, 2.75) is 71.9 Å². The fourth-order valence-corrected chi connectivity index (χ4v) is 4.58. The van der Waals surface area contributed by atoms with Crippen LogP contribution in [0.2, 0.25) is 0 Å². The Bertz CT molecular complexity index is 1460. The van der Waals surface area contributed by atoms with Gasteiger partial charge in [-0.05, 0) is 44.7 Å². The number of likely N-dealkylation sites (tertiary alicyclic amines) is 1. The van der Waals surface area contributed by atoms with E-state index in [9.17, 15) is 33.9 Å². The van der Waals surface area contributed by atoms with Gasteiger partial charge in [-0.3, -0.25) is 19.2 Å². The number of ether oxygens (including phenoxy) is 1. The Morgan fingerprint density at radius 1 is 1.20 bits per heavy atom. The highest BCUT2D eigenvalue weighted by Crippen LogP contribution is 2.17. The zero-order valence-corrected chi connectivity index (χ0v) is 25.9. The summed E-state index contributed by atoms with van der Waals surface area (Å²) in [6.07, 6.45) is 0.143.